The highest BCUT2D eigenvalue weighted by Gasteiger charge is 2.41. The summed E-state index contributed by atoms with van der Waals surface area (Å²) < 4.78 is 12.4. The van der Waals surface area contributed by atoms with Crippen molar-refractivity contribution in [3.05, 3.63) is 24.3 Å². The minimum Gasteiger partial charge on any atom is -0.343 e. The van der Waals surface area contributed by atoms with Gasteiger partial charge in [0, 0.05) is 12.8 Å². The Hall–Kier alpha value is -0.600. The second-order valence-electron chi connectivity index (χ2n) is 5.06. The standard InChI is InChI=1S/C15H24O2/c1-3-7-13-9-5-11-15(16-13)12-6-10-14(17-15)8-4-2/h3-4,7-8,13-14H,5-6,9-12H2,1-2H3/b7-3+,8-4+. The summed E-state index contributed by atoms with van der Waals surface area (Å²) in [5.41, 5.74) is 0. The van der Waals surface area contributed by atoms with E-state index in [2.05, 4.69) is 38.2 Å². The van der Waals surface area contributed by atoms with Gasteiger partial charge >= 0.3 is 0 Å². The molecule has 2 nitrogen and oxygen atoms in total. The number of allylic oxidation sites excluding steroid dienone is 2. The van der Waals surface area contributed by atoms with E-state index in [1.54, 1.807) is 0 Å². The van der Waals surface area contributed by atoms with E-state index in [1.165, 1.54) is 12.8 Å². The summed E-state index contributed by atoms with van der Waals surface area (Å²) in [7, 11) is 0. The lowest BCUT2D eigenvalue weighted by Gasteiger charge is -2.45. The van der Waals surface area contributed by atoms with E-state index in [-0.39, 0.29) is 18.0 Å². The lowest BCUT2D eigenvalue weighted by Crippen LogP contribution is -2.47. The molecule has 96 valence electrons. The Bertz CT molecular complexity index is 263. The van der Waals surface area contributed by atoms with E-state index in [4.69, 9.17) is 9.47 Å². The highest BCUT2D eigenvalue weighted by molar-refractivity contribution is 4.96. The lowest BCUT2D eigenvalue weighted by atomic mass is 9.92. The summed E-state index contributed by atoms with van der Waals surface area (Å²) in [6, 6.07) is 0. The molecule has 0 aromatic rings. The zero-order valence-corrected chi connectivity index (χ0v) is 11.0. The fraction of sp³-hybridized carbons (Fsp3) is 0.733. The van der Waals surface area contributed by atoms with Gasteiger partial charge in [0.25, 0.3) is 0 Å². The summed E-state index contributed by atoms with van der Waals surface area (Å²) in [5, 5.41) is 0. The largest absolute Gasteiger partial charge is 0.343 e. The van der Waals surface area contributed by atoms with Crippen LogP contribution in [0.1, 0.15) is 52.4 Å². The van der Waals surface area contributed by atoms with Gasteiger partial charge in [0.2, 0.25) is 0 Å². The highest BCUT2D eigenvalue weighted by atomic mass is 16.7. The summed E-state index contributed by atoms with van der Waals surface area (Å²) in [5.74, 6) is -0.301. The maximum atomic E-state index is 6.19. The summed E-state index contributed by atoms with van der Waals surface area (Å²) in [6.45, 7) is 4.10. The number of hydrogen-bond acceptors (Lipinski definition) is 2. The third-order valence-electron chi connectivity index (χ3n) is 3.64. The first kappa shape index (κ1) is 12.8. The first-order chi connectivity index (χ1) is 8.28. The first-order valence-corrected chi connectivity index (χ1v) is 6.89. The average Bonchev–Trinajstić information content (AvgIpc) is 2.30. The van der Waals surface area contributed by atoms with Crippen LogP contribution in [0.4, 0.5) is 0 Å². The van der Waals surface area contributed by atoms with Gasteiger partial charge in [0.05, 0.1) is 12.2 Å². The van der Waals surface area contributed by atoms with Crippen LogP contribution in [-0.2, 0) is 9.47 Å². The molecule has 0 aliphatic carbocycles. The summed E-state index contributed by atoms with van der Waals surface area (Å²) in [6.07, 6.45) is 15.7. The van der Waals surface area contributed by atoms with Gasteiger partial charge in [-0.15, -0.1) is 0 Å². The molecule has 0 radical (unpaired) electrons. The van der Waals surface area contributed by atoms with Crippen molar-refractivity contribution in [2.75, 3.05) is 0 Å². The lowest BCUT2D eigenvalue weighted by molar-refractivity contribution is -0.300. The number of hydrogen-bond donors (Lipinski definition) is 0. The van der Waals surface area contributed by atoms with Crippen LogP contribution in [0.3, 0.4) is 0 Å². The van der Waals surface area contributed by atoms with Crippen LogP contribution >= 0.6 is 0 Å². The maximum Gasteiger partial charge on any atom is 0.169 e. The van der Waals surface area contributed by atoms with Gasteiger partial charge < -0.3 is 9.47 Å². The van der Waals surface area contributed by atoms with Crippen molar-refractivity contribution in [1.29, 1.82) is 0 Å². The molecule has 2 heterocycles. The molecule has 2 unspecified atom stereocenters. The predicted octanol–water partition coefficient (Wildman–Crippen LogP) is 3.97. The van der Waals surface area contributed by atoms with E-state index < -0.39 is 0 Å². The molecule has 17 heavy (non-hydrogen) atoms. The van der Waals surface area contributed by atoms with Crippen molar-refractivity contribution >= 4 is 0 Å². The Kier molecular flexibility index (Phi) is 4.41. The number of rotatable bonds is 2. The smallest absolute Gasteiger partial charge is 0.169 e. The first-order valence-electron chi connectivity index (χ1n) is 6.89. The highest BCUT2D eigenvalue weighted by Crippen LogP contribution is 2.39. The molecule has 2 atom stereocenters. The molecular formula is C15H24O2. The third-order valence-corrected chi connectivity index (χ3v) is 3.64. The van der Waals surface area contributed by atoms with Crippen LogP contribution in [0.5, 0.6) is 0 Å². The average molecular weight is 236 g/mol. The zero-order chi connectivity index (χ0) is 12.1. The molecule has 2 saturated heterocycles. The quantitative estimate of drug-likeness (QED) is 0.675. The van der Waals surface area contributed by atoms with E-state index in [9.17, 15) is 0 Å². The van der Waals surface area contributed by atoms with Crippen molar-refractivity contribution in [2.24, 2.45) is 0 Å². The Labute approximate surface area is 105 Å². The molecular weight excluding hydrogens is 212 g/mol. The minimum absolute atomic E-state index is 0.248. The van der Waals surface area contributed by atoms with Gasteiger partial charge in [-0.3, -0.25) is 0 Å². The van der Waals surface area contributed by atoms with Crippen LogP contribution in [0.15, 0.2) is 24.3 Å². The van der Waals surface area contributed by atoms with Gasteiger partial charge in [-0.25, -0.2) is 0 Å². The van der Waals surface area contributed by atoms with Crippen LogP contribution in [0, 0.1) is 0 Å². The van der Waals surface area contributed by atoms with Crippen molar-refractivity contribution in [2.45, 2.75) is 70.4 Å². The second kappa shape index (κ2) is 5.83. The van der Waals surface area contributed by atoms with Crippen molar-refractivity contribution < 1.29 is 9.47 Å². The molecule has 0 saturated carbocycles. The monoisotopic (exact) mass is 236 g/mol. The van der Waals surface area contributed by atoms with E-state index in [0.29, 0.717) is 0 Å². The zero-order valence-electron chi connectivity index (χ0n) is 11.0. The molecule has 1 spiro atoms. The van der Waals surface area contributed by atoms with Crippen LogP contribution in [0.2, 0.25) is 0 Å². The van der Waals surface area contributed by atoms with Crippen LogP contribution in [-0.4, -0.2) is 18.0 Å². The third kappa shape index (κ3) is 3.20. The van der Waals surface area contributed by atoms with Gasteiger partial charge in [-0.05, 0) is 39.5 Å². The Balaban J connectivity index is 2.01. The fourth-order valence-electron chi connectivity index (χ4n) is 2.90. The predicted molar refractivity (Wildman–Crippen MR) is 69.8 cm³/mol. The Morgan fingerprint density at radius 1 is 0.882 bits per heavy atom. The Morgan fingerprint density at radius 2 is 1.35 bits per heavy atom. The Morgan fingerprint density at radius 3 is 1.76 bits per heavy atom. The van der Waals surface area contributed by atoms with Crippen LogP contribution < -0.4 is 0 Å². The van der Waals surface area contributed by atoms with Gasteiger partial charge in [0.1, 0.15) is 0 Å². The normalized spacial score (nSPS) is 39.4. The minimum atomic E-state index is -0.301. The molecule has 2 heteroatoms. The van der Waals surface area contributed by atoms with Crippen molar-refractivity contribution in [3.8, 4) is 0 Å². The number of ether oxygens (including phenoxy) is 2. The van der Waals surface area contributed by atoms with E-state index >= 15 is 0 Å². The molecule has 2 aliphatic heterocycles. The SMILES string of the molecule is C/C=C/C1CCCC2(CCCC(/C=C/C)O2)O1. The second-order valence-corrected chi connectivity index (χ2v) is 5.06. The maximum absolute atomic E-state index is 6.19. The van der Waals surface area contributed by atoms with Crippen molar-refractivity contribution in [1.82, 2.24) is 0 Å². The van der Waals surface area contributed by atoms with Crippen LogP contribution in [0.25, 0.3) is 0 Å². The molecule has 0 N–H and O–H groups in total. The molecule has 0 aromatic heterocycles. The van der Waals surface area contributed by atoms with E-state index in [1.807, 2.05) is 0 Å². The topological polar surface area (TPSA) is 18.5 Å². The summed E-state index contributed by atoms with van der Waals surface area (Å²) in [4.78, 5) is 0. The molecule has 0 bridgehead atoms. The molecule has 2 aliphatic rings. The molecule has 0 aromatic carbocycles. The fourth-order valence-corrected chi connectivity index (χ4v) is 2.90. The molecule has 0 amide bonds. The molecule has 2 fully saturated rings. The summed E-state index contributed by atoms with van der Waals surface area (Å²) >= 11 is 0. The van der Waals surface area contributed by atoms with Gasteiger partial charge in [-0.2, -0.15) is 0 Å². The van der Waals surface area contributed by atoms with E-state index in [0.717, 1.165) is 25.7 Å². The van der Waals surface area contributed by atoms with Gasteiger partial charge in [-0.1, -0.05) is 24.3 Å². The van der Waals surface area contributed by atoms with Gasteiger partial charge in [0.15, 0.2) is 5.79 Å². The molecule has 2 rings (SSSR count). The van der Waals surface area contributed by atoms with Crippen molar-refractivity contribution in [3.63, 3.8) is 0 Å².